The number of aromatic nitrogens is 2. The number of hydrogen-bond acceptors (Lipinski definition) is 3. The predicted octanol–water partition coefficient (Wildman–Crippen LogP) is 3.38. The van der Waals surface area contributed by atoms with E-state index in [1.165, 1.54) is 17.5 Å². The highest BCUT2D eigenvalue weighted by atomic mass is 16.2. The molecule has 1 aromatic carbocycles. The minimum atomic E-state index is -0.138. The average molecular weight is 327 g/mol. The number of nitrogens with zero attached hydrogens (tertiary/aromatic N) is 3. The van der Waals surface area contributed by atoms with Crippen molar-refractivity contribution in [1.82, 2.24) is 14.7 Å². The zero-order valence-electron chi connectivity index (χ0n) is 14.7. The van der Waals surface area contributed by atoms with Crippen molar-refractivity contribution in [3.8, 4) is 0 Å². The largest absolute Gasteiger partial charge is 0.335 e. The van der Waals surface area contributed by atoms with E-state index in [9.17, 15) is 9.59 Å². The van der Waals surface area contributed by atoms with Gasteiger partial charge in [-0.15, -0.1) is 0 Å². The molecule has 128 valence electrons. The topological polar surface area (TPSA) is 55.2 Å². The summed E-state index contributed by atoms with van der Waals surface area (Å²) in [6.45, 7) is 6.50. The molecule has 1 aromatic heterocycles. The van der Waals surface area contributed by atoms with Gasteiger partial charge in [-0.25, -0.2) is 4.68 Å². The highest BCUT2D eigenvalue weighted by Gasteiger charge is 2.29. The van der Waals surface area contributed by atoms with Crippen LogP contribution in [0.5, 0.6) is 0 Å². The van der Waals surface area contributed by atoms with Crippen LogP contribution < -0.4 is 5.56 Å². The first-order valence-electron chi connectivity index (χ1n) is 8.87. The molecule has 0 aliphatic heterocycles. The molecule has 24 heavy (non-hydrogen) atoms. The van der Waals surface area contributed by atoms with E-state index in [1.807, 2.05) is 43.9 Å². The van der Waals surface area contributed by atoms with E-state index in [-0.39, 0.29) is 17.5 Å². The van der Waals surface area contributed by atoms with Crippen LogP contribution in [0.4, 0.5) is 0 Å². The molecule has 1 saturated carbocycles. The number of carbonyl (C=O) groups is 1. The van der Waals surface area contributed by atoms with E-state index >= 15 is 0 Å². The van der Waals surface area contributed by atoms with Crippen LogP contribution in [0.15, 0.2) is 29.1 Å². The maximum atomic E-state index is 13.2. The van der Waals surface area contributed by atoms with Crippen LogP contribution in [-0.4, -0.2) is 33.2 Å². The molecule has 1 heterocycles. The van der Waals surface area contributed by atoms with Gasteiger partial charge in [0.15, 0.2) is 5.69 Å². The monoisotopic (exact) mass is 327 g/mol. The lowest BCUT2D eigenvalue weighted by atomic mass is 10.1. The van der Waals surface area contributed by atoms with E-state index in [4.69, 9.17) is 0 Å². The smallest absolute Gasteiger partial charge is 0.275 e. The van der Waals surface area contributed by atoms with E-state index in [0.29, 0.717) is 29.1 Å². The summed E-state index contributed by atoms with van der Waals surface area (Å²) in [5, 5.41) is 5.67. The third kappa shape index (κ3) is 2.83. The molecule has 1 fully saturated rings. The molecule has 2 aromatic rings. The maximum absolute atomic E-state index is 13.2. The molecule has 0 atom stereocenters. The Kier molecular flexibility index (Phi) is 4.69. The Balaban J connectivity index is 2.15. The van der Waals surface area contributed by atoms with E-state index in [1.54, 1.807) is 6.07 Å². The van der Waals surface area contributed by atoms with Crippen molar-refractivity contribution in [1.29, 1.82) is 0 Å². The standard InChI is InChI=1S/C19H25N3O2/c1-4-21(14-9-5-6-10-14)19(24)17-15-11-7-8-12-16(15)18(23)22(20-17)13(2)3/h7-8,11-14H,4-6,9-10H2,1-3H3. The second kappa shape index (κ2) is 6.75. The molecular formula is C19H25N3O2. The van der Waals surface area contributed by atoms with E-state index < -0.39 is 0 Å². The summed E-state index contributed by atoms with van der Waals surface area (Å²) in [7, 11) is 0. The predicted molar refractivity (Wildman–Crippen MR) is 95.4 cm³/mol. The Bertz CT molecular complexity index is 804. The molecule has 5 nitrogen and oxygen atoms in total. The highest BCUT2D eigenvalue weighted by molar-refractivity contribution is 6.04. The molecule has 0 unspecified atom stereocenters. The Morgan fingerprint density at radius 2 is 1.88 bits per heavy atom. The van der Waals surface area contributed by atoms with Crippen LogP contribution in [0.25, 0.3) is 10.8 Å². The molecule has 1 aliphatic carbocycles. The number of rotatable bonds is 4. The maximum Gasteiger partial charge on any atom is 0.275 e. The Morgan fingerprint density at radius 3 is 2.46 bits per heavy atom. The molecule has 1 aliphatic rings. The number of carbonyl (C=O) groups excluding carboxylic acids is 1. The third-order valence-corrected chi connectivity index (χ3v) is 4.89. The lowest BCUT2D eigenvalue weighted by Gasteiger charge is -2.28. The summed E-state index contributed by atoms with van der Waals surface area (Å²) >= 11 is 0. The van der Waals surface area contributed by atoms with Gasteiger partial charge in [-0.05, 0) is 39.7 Å². The fraction of sp³-hybridized carbons (Fsp3) is 0.526. The van der Waals surface area contributed by atoms with Crippen molar-refractivity contribution in [3.63, 3.8) is 0 Å². The summed E-state index contributed by atoms with van der Waals surface area (Å²) in [6.07, 6.45) is 4.46. The zero-order valence-corrected chi connectivity index (χ0v) is 14.7. The molecule has 0 bridgehead atoms. The third-order valence-electron chi connectivity index (χ3n) is 4.89. The van der Waals surface area contributed by atoms with Crippen LogP contribution in [-0.2, 0) is 0 Å². The van der Waals surface area contributed by atoms with Crippen molar-refractivity contribution >= 4 is 16.7 Å². The van der Waals surface area contributed by atoms with Gasteiger partial charge in [-0.3, -0.25) is 9.59 Å². The van der Waals surface area contributed by atoms with E-state index in [0.717, 1.165) is 12.8 Å². The first kappa shape index (κ1) is 16.7. The second-order valence-corrected chi connectivity index (χ2v) is 6.77. The van der Waals surface area contributed by atoms with Crippen LogP contribution in [0.1, 0.15) is 63.0 Å². The summed E-state index contributed by atoms with van der Waals surface area (Å²) < 4.78 is 1.43. The van der Waals surface area contributed by atoms with Crippen LogP contribution in [0.2, 0.25) is 0 Å². The quantitative estimate of drug-likeness (QED) is 0.865. The fourth-order valence-electron chi connectivity index (χ4n) is 3.63. The van der Waals surface area contributed by atoms with Gasteiger partial charge in [0.25, 0.3) is 11.5 Å². The van der Waals surface area contributed by atoms with Gasteiger partial charge in [0.2, 0.25) is 0 Å². The normalized spacial score (nSPS) is 15.3. The summed E-state index contributed by atoms with van der Waals surface area (Å²) in [5.74, 6) is -0.0602. The van der Waals surface area contributed by atoms with Gasteiger partial charge in [-0.1, -0.05) is 31.0 Å². The van der Waals surface area contributed by atoms with Gasteiger partial charge >= 0.3 is 0 Å². The summed E-state index contributed by atoms with van der Waals surface area (Å²) in [5.41, 5.74) is 0.258. The lowest BCUT2D eigenvalue weighted by Crippen LogP contribution is -2.40. The number of fused-ring (bicyclic) bond motifs is 1. The zero-order chi connectivity index (χ0) is 17.3. The minimum absolute atomic E-state index is 0.0602. The molecule has 0 saturated heterocycles. The second-order valence-electron chi connectivity index (χ2n) is 6.77. The van der Waals surface area contributed by atoms with Gasteiger partial charge in [-0.2, -0.15) is 5.10 Å². The molecule has 1 amide bonds. The van der Waals surface area contributed by atoms with Crippen molar-refractivity contribution in [3.05, 3.63) is 40.3 Å². The molecule has 5 heteroatoms. The minimum Gasteiger partial charge on any atom is -0.335 e. The van der Waals surface area contributed by atoms with Crippen molar-refractivity contribution in [2.24, 2.45) is 0 Å². The molecular weight excluding hydrogens is 302 g/mol. The molecule has 0 radical (unpaired) electrons. The van der Waals surface area contributed by atoms with Crippen molar-refractivity contribution < 1.29 is 4.79 Å². The van der Waals surface area contributed by atoms with Gasteiger partial charge in [0, 0.05) is 18.0 Å². The SMILES string of the molecule is CCN(C(=O)c1nn(C(C)C)c(=O)c2ccccc12)C1CCCC1. The summed E-state index contributed by atoms with van der Waals surface area (Å²) in [4.78, 5) is 27.8. The average Bonchev–Trinajstić information content (AvgIpc) is 3.10. The summed E-state index contributed by atoms with van der Waals surface area (Å²) in [6, 6.07) is 7.49. The fourth-order valence-corrected chi connectivity index (χ4v) is 3.63. The number of benzene rings is 1. The molecule has 3 rings (SSSR count). The van der Waals surface area contributed by atoms with Crippen molar-refractivity contribution in [2.75, 3.05) is 6.54 Å². The first-order chi connectivity index (χ1) is 11.5. The van der Waals surface area contributed by atoms with Crippen LogP contribution in [0, 0.1) is 0 Å². The first-order valence-corrected chi connectivity index (χ1v) is 8.87. The Hall–Kier alpha value is -2.17. The number of hydrogen-bond donors (Lipinski definition) is 0. The van der Waals surface area contributed by atoms with Gasteiger partial charge in [0.05, 0.1) is 11.4 Å². The molecule has 0 spiro atoms. The van der Waals surface area contributed by atoms with Gasteiger partial charge in [0.1, 0.15) is 0 Å². The molecule has 0 N–H and O–H groups in total. The lowest BCUT2D eigenvalue weighted by molar-refractivity contribution is 0.0686. The van der Waals surface area contributed by atoms with Crippen molar-refractivity contribution in [2.45, 2.75) is 58.5 Å². The highest BCUT2D eigenvalue weighted by Crippen LogP contribution is 2.26. The van der Waals surface area contributed by atoms with Crippen LogP contribution in [0.3, 0.4) is 0 Å². The van der Waals surface area contributed by atoms with E-state index in [2.05, 4.69) is 5.10 Å². The Labute approximate surface area is 142 Å². The number of amides is 1. The van der Waals surface area contributed by atoms with Crippen LogP contribution >= 0.6 is 0 Å². The van der Waals surface area contributed by atoms with Gasteiger partial charge < -0.3 is 4.90 Å². The Morgan fingerprint density at radius 1 is 1.25 bits per heavy atom.